The van der Waals surface area contributed by atoms with E-state index in [0.29, 0.717) is 17.4 Å². The summed E-state index contributed by atoms with van der Waals surface area (Å²) in [5, 5.41) is 6.50. The molecule has 1 atom stereocenters. The molecule has 0 aromatic heterocycles. The van der Waals surface area contributed by atoms with Crippen LogP contribution >= 0.6 is 0 Å². The Morgan fingerprint density at radius 3 is 2.42 bits per heavy atom. The monoisotopic (exact) mass is 444 g/mol. The Morgan fingerprint density at radius 1 is 1.06 bits per heavy atom. The van der Waals surface area contributed by atoms with Crippen LogP contribution in [0.25, 0.3) is 0 Å². The van der Waals surface area contributed by atoms with Gasteiger partial charge in [0, 0.05) is 25.7 Å². The lowest BCUT2D eigenvalue weighted by Gasteiger charge is -2.30. The van der Waals surface area contributed by atoms with E-state index in [9.17, 15) is 8.42 Å². The molecular formula is C23H32N4O3S. The van der Waals surface area contributed by atoms with Gasteiger partial charge in [0.1, 0.15) is 5.75 Å². The molecule has 3 rings (SSSR count). The van der Waals surface area contributed by atoms with E-state index in [2.05, 4.69) is 26.6 Å². The molecule has 2 aromatic rings. The minimum atomic E-state index is -3.33. The van der Waals surface area contributed by atoms with E-state index in [4.69, 9.17) is 4.74 Å². The van der Waals surface area contributed by atoms with Crippen molar-refractivity contribution in [3.05, 3.63) is 60.2 Å². The fraction of sp³-hybridized carbons (Fsp3) is 0.435. The summed E-state index contributed by atoms with van der Waals surface area (Å²) in [5.41, 5.74) is 1.14. The molecule has 0 radical (unpaired) electrons. The SMILES string of the molecule is CN=C(NCCS(=O)(=O)c1ccccc1)NCC(c1ccccc1OC)N1CCCC1. The molecule has 0 amide bonds. The maximum Gasteiger partial charge on any atom is 0.191 e. The quantitative estimate of drug-likeness (QED) is 0.457. The van der Waals surface area contributed by atoms with Gasteiger partial charge in [-0.2, -0.15) is 0 Å². The summed E-state index contributed by atoms with van der Waals surface area (Å²) in [5.74, 6) is 1.46. The first-order chi connectivity index (χ1) is 15.0. The van der Waals surface area contributed by atoms with E-state index in [1.165, 1.54) is 12.8 Å². The molecule has 31 heavy (non-hydrogen) atoms. The van der Waals surface area contributed by atoms with Crippen molar-refractivity contribution in [2.75, 3.05) is 46.1 Å². The fourth-order valence-electron chi connectivity index (χ4n) is 3.89. The Bertz CT molecular complexity index is 958. The van der Waals surface area contributed by atoms with Gasteiger partial charge in [-0.15, -0.1) is 0 Å². The van der Waals surface area contributed by atoms with Crippen LogP contribution < -0.4 is 15.4 Å². The van der Waals surface area contributed by atoms with Gasteiger partial charge in [0.2, 0.25) is 0 Å². The second-order valence-corrected chi connectivity index (χ2v) is 9.62. The molecule has 7 nitrogen and oxygen atoms in total. The van der Waals surface area contributed by atoms with E-state index in [0.717, 1.165) is 24.4 Å². The Kier molecular flexibility index (Phi) is 8.31. The Hall–Kier alpha value is -2.58. The number of hydrogen-bond donors (Lipinski definition) is 2. The molecule has 8 heteroatoms. The number of hydrogen-bond acceptors (Lipinski definition) is 5. The molecule has 0 spiro atoms. The van der Waals surface area contributed by atoms with Crippen LogP contribution in [0.2, 0.25) is 0 Å². The number of aliphatic imine (C=N–C) groups is 1. The molecule has 0 bridgehead atoms. The van der Waals surface area contributed by atoms with Crippen molar-refractivity contribution in [3.8, 4) is 5.75 Å². The molecule has 0 saturated carbocycles. The van der Waals surface area contributed by atoms with Gasteiger partial charge in [-0.1, -0.05) is 36.4 Å². The predicted molar refractivity (Wildman–Crippen MR) is 124 cm³/mol. The third kappa shape index (κ3) is 6.21. The predicted octanol–water partition coefficient (Wildman–Crippen LogP) is 2.47. The average molecular weight is 445 g/mol. The highest BCUT2D eigenvalue weighted by atomic mass is 32.2. The largest absolute Gasteiger partial charge is 0.496 e. The molecule has 168 valence electrons. The number of likely N-dealkylation sites (tertiary alicyclic amines) is 1. The second kappa shape index (κ2) is 11.2. The number of para-hydroxylation sites is 1. The zero-order valence-corrected chi connectivity index (χ0v) is 19.1. The third-order valence-electron chi connectivity index (χ3n) is 5.53. The lowest BCUT2D eigenvalue weighted by Crippen LogP contribution is -2.44. The Morgan fingerprint density at radius 2 is 1.74 bits per heavy atom. The molecular weight excluding hydrogens is 412 g/mol. The van der Waals surface area contributed by atoms with Gasteiger partial charge >= 0.3 is 0 Å². The molecule has 2 N–H and O–H groups in total. The molecule has 1 fully saturated rings. The number of sulfone groups is 1. The van der Waals surface area contributed by atoms with Crippen LogP contribution in [0, 0.1) is 0 Å². The van der Waals surface area contributed by atoms with Crippen molar-refractivity contribution in [3.63, 3.8) is 0 Å². The van der Waals surface area contributed by atoms with Gasteiger partial charge in [0.25, 0.3) is 0 Å². The summed E-state index contributed by atoms with van der Waals surface area (Å²) in [6, 6.07) is 16.8. The molecule has 0 aliphatic carbocycles. The lowest BCUT2D eigenvalue weighted by atomic mass is 10.0. The number of methoxy groups -OCH3 is 1. The van der Waals surface area contributed by atoms with Gasteiger partial charge in [-0.05, 0) is 44.1 Å². The van der Waals surface area contributed by atoms with Crippen LogP contribution in [0.4, 0.5) is 0 Å². The standard InChI is InChI=1S/C23H32N4O3S/c1-24-23(25-14-17-31(28,29)19-10-4-3-5-11-19)26-18-21(27-15-8-9-16-27)20-12-6-7-13-22(20)30-2/h3-7,10-13,21H,8-9,14-18H2,1-2H3,(H2,24,25,26). The smallest absolute Gasteiger partial charge is 0.191 e. The first-order valence-corrected chi connectivity index (χ1v) is 12.3. The summed E-state index contributed by atoms with van der Waals surface area (Å²) >= 11 is 0. The number of nitrogens with one attached hydrogen (secondary N) is 2. The summed E-state index contributed by atoms with van der Waals surface area (Å²) in [4.78, 5) is 7.06. The van der Waals surface area contributed by atoms with Crippen LogP contribution in [0.3, 0.4) is 0 Å². The van der Waals surface area contributed by atoms with E-state index < -0.39 is 9.84 Å². The maximum absolute atomic E-state index is 12.5. The van der Waals surface area contributed by atoms with Gasteiger partial charge in [0.15, 0.2) is 15.8 Å². The van der Waals surface area contributed by atoms with E-state index in [1.54, 1.807) is 38.4 Å². The van der Waals surface area contributed by atoms with E-state index in [1.807, 2.05) is 24.3 Å². The van der Waals surface area contributed by atoms with Crippen LogP contribution in [-0.2, 0) is 9.84 Å². The molecule has 1 heterocycles. The van der Waals surface area contributed by atoms with Crippen LogP contribution in [0.1, 0.15) is 24.4 Å². The van der Waals surface area contributed by atoms with Crippen molar-refractivity contribution in [1.29, 1.82) is 0 Å². The fourth-order valence-corrected chi connectivity index (χ4v) is 5.07. The number of rotatable bonds is 9. The first-order valence-electron chi connectivity index (χ1n) is 10.6. The van der Waals surface area contributed by atoms with Crippen molar-refractivity contribution < 1.29 is 13.2 Å². The summed E-state index contributed by atoms with van der Waals surface area (Å²) in [6.07, 6.45) is 2.38. The lowest BCUT2D eigenvalue weighted by molar-refractivity contribution is 0.239. The van der Waals surface area contributed by atoms with Gasteiger partial charge in [0.05, 0.1) is 23.8 Å². The van der Waals surface area contributed by atoms with Crippen molar-refractivity contribution in [2.45, 2.75) is 23.8 Å². The van der Waals surface area contributed by atoms with Gasteiger partial charge in [-0.25, -0.2) is 8.42 Å². The Balaban J connectivity index is 1.61. The molecule has 1 saturated heterocycles. The highest BCUT2D eigenvalue weighted by Crippen LogP contribution is 2.31. The van der Waals surface area contributed by atoms with Crippen molar-refractivity contribution in [2.24, 2.45) is 4.99 Å². The van der Waals surface area contributed by atoms with E-state index in [-0.39, 0.29) is 18.3 Å². The number of guanidine groups is 1. The first kappa shape index (κ1) is 23.1. The second-order valence-electron chi connectivity index (χ2n) is 7.51. The van der Waals surface area contributed by atoms with Crippen LogP contribution in [0.15, 0.2) is 64.5 Å². The molecule has 2 aromatic carbocycles. The Labute approximate surface area is 185 Å². The summed E-state index contributed by atoms with van der Waals surface area (Å²) in [7, 11) is 0.0543. The van der Waals surface area contributed by atoms with E-state index >= 15 is 0 Å². The molecule has 1 unspecified atom stereocenters. The highest BCUT2D eigenvalue weighted by molar-refractivity contribution is 7.91. The maximum atomic E-state index is 12.5. The average Bonchev–Trinajstić information content (AvgIpc) is 3.33. The van der Waals surface area contributed by atoms with Gasteiger partial charge in [-0.3, -0.25) is 9.89 Å². The zero-order valence-electron chi connectivity index (χ0n) is 18.3. The number of ether oxygens (including phenoxy) is 1. The minimum absolute atomic E-state index is 0.000223. The summed E-state index contributed by atoms with van der Waals surface area (Å²) in [6.45, 7) is 3.02. The normalized spacial score (nSPS) is 16.1. The minimum Gasteiger partial charge on any atom is -0.496 e. The van der Waals surface area contributed by atoms with Gasteiger partial charge < -0.3 is 15.4 Å². The molecule has 1 aliphatic rings. The number of nitrogens with zero attached hydrogens (tertiary/aromatic N) is 2. The molecule has 1 aliphatic heterocycles. The third-order valence-corrected chi connectivity index (χ3v) is 7.26. The zero-order chi connectivity index (χ0) is 22.1. The van der Waals surface area contributed by atoms with Crippen LogP contribution in [-0.4, -0.2) is 65.4 Å². The van der Waals surface area contributed by atoms with Crippen LogP contribution in [0.5, 0.6) is 5.75 Å². The number of benzene rings is 2. The topological polar surface area (TPSA) is 83.0 Å². The van der Waals surface area contributed by atoms with Crippen molar-refractivity contribution >= 4 is 15.8 Å². The highest BCUT2D eigenvalue weighted by Gasteiger charge is 2.26. The summed E-state index contributed by atoms with van der Waals surface area (Å²) < 4.78 is 30.5. The van der Waals surface area contributed by atoms with Crippen molar-refractivity contribution in [1.82, 2.24) is 15.5 Å².